The second-order valence-corrected chi connectivity index (χ2v) is 9.71. The normalized spacial score (nSPS) is 27.3. The van der Waals surface area contributed by atoms with E-state index in [9.17, 15) is 14.7 Å². The molecule has 1 saturated carbocycles. The second kappa shape index (κ2) is 6.90. The van der Waals surface area contributed by atoms with Crippen LogP contribution < -0.4 is 0 Å². The summed E-state index contributed by atoms with van der Waals surface area (Å²) in [5.74, 6) is -0.176. The van der Waals surface area contributed by atoms with E-state index in [0.29, 0.717) is 51.1 Å². The molecule has 0 unspecified atom stereocenters. The van der Waals surface area contributed by atoms with Gasteiger partial charge in [0.1, 0.15) is 0 Å². The zero-order valence-electron chi connectivity index (χ0n) is 18.0. The van der Waals surface area contributed by atoms with Crippen molar-refractivity contribution < 1.29 is 24.2 Å². The molecule has 2 aromatic carbocycles. The van der Waals surface area contributed by atoms with Gasteiger partial charge >= 0.3 is 5.97 Å². The van der Waals surface area contributed by atoms with Crippen molar-refractivity contribution in [2.75, 3.05) is 26.3 Å². The Kier molecular flexibility index (Phi) is 4.30. The average molecular weight is 434 g/mol. The van der Waals surface area contributed by atoms with Crippen LogP contribution in [-0.2, 0) is 30.9 Å². The number of rotatable bonds is 3. The zero-order chi connectivity index (χ0) is 22.0. The highest BCUT2D eigenvalue weighted by Crippen LogP contribution is 2.52. The van der Waals surface area contributed by atoms with E-state index in [1.807, 2.05) is 47.4 Å². The number of amides is 1. The third-order valence-electron chi connectivity index (χ3n) is 7.90. The summed E-state index contributed by atoms with van der Waals surface area (Å²) in [6.45, 7) is 2.12. The number of hydrogen-bond acceptors (Lipinski definition) is 5. The highest BCUT2D eigenvalue weighted by Gasteiger charge is 2.57. The van der Waals surface area contributed by atoms with Gasteiger partial charge in [-0.05, 0) is 30.0 Å². The molecular weight excluding hydrogens is 406 g/mol. The van der Waals surface area contributed by atoms with Crippen LogP contribution in [0.4, 0.5) is 0 Å². The summed E-state index contributed by atoms with van der Waals surface area (Å²) in [5, 5.41) is 11.0. The van der Waals surface area contributed by atoms with Gasteiger partial charge in [-0.25, -0.2) is 4.79 Å². The van der Waals surface area contributed by atoms with E-state index in [1.54, 1.807) is 6.07 Å². The van der Waals surface area contributed by atoms with Gasteiger partial charge < -0.3 is 19.5 Å². The van der Waals surface area contributed by atoms with Crippen LogP contribution in [0.3, 0.4) is 0 Å². The number of carbonyl (C=O) groups is 2. The number of ether oxygens (including phenoxy) is 2. The van der Waals surface area contributed by atoms with Crippen molar-refractivity contribution in [2.24, 2.45) is 0 Å². The lowest BCUT2D eigenvalue weighted by Gasteiger charge is -2.33. The third kappa shape index (κ3) is 2.86. The molecule has 2 aromatic rings. The number of fused-ring (bicyclic) bond motifs is 2. The number of nitrogens with zero attached hydrogens (tertiary/aromatic N) is 1. The predicted molar refractivity (Wildman–Crippen MR) is 116 cm³/mol. The molecule has 32 heavy (non-hydrogen) atoms. The van der Waals surface area contributed by atoms with Crippen molar-refractivity contribution in [3.8, 4) is 0 Å². The maximum Gasteiger partial charge on any atom is 0.339 e. The Balaban J connectivity index is 1.22. The average Bonchev–Trinajstić information content (AvgIpc) is 3.46. The largest absolute Gasteiger partial charge is 0.449 e. The minimum absolute atomic E-state index is 0.118. The highest BCUT2D eigenvalue weighted by molar-refractivity contribution is 5.96. The molecule has 6 nitrogen and oxygen atoms in total. The van der Waals surface area contributed by atoms with Gasteiger partial charge in [-0.15, -0.1) is 0 Å². The first-order valence-electron chi connectivity index (χ1n) is 11.5. The van der Waals surface area contributed by atoms with Crippen LogP contribution in [0.5, 0.6) is 0 Å². The fourth-order valence-electron chi connectivity index (χ4n) is 5.76. The van der Waals surface area contributed by atoms with Gasteiger partial charge in [0, 0.05) is 44.6 Å². The van der Waals surface area contributed by atoms with Crippen molar-refractivity contribution in [3.05, 3.63) is 70.8 Å². The molecule has 1 aliphatic carbocycles. The lowest BCUT2D eigenvalue weighted by atomic mass is 9.84. The Morgan fingerprint density at radius 1 is 0.906 bits per heavy atom. The number of hydrogen-bond donors (Lipinski definition) is 1. The maximum absolute atomic E-state index is 13.6. The van der Waals surface area contributed by atoms with Crippen LogP contribution >= 0.6 is 0 Å². The summed E-state index contributed by atoms with van der Waals surface area (Å²) >= 11 is 0. The Bertz CT molecular complexity index is 1080. The first-order chi connectivity index (χ1) is 15.5. The minimum Gasteiger partial charge on any atom is -0.449 e. The van der Waals surface area contributed by atoms with Crippen LogP contribution in [0, 0.1) is 0 Å². The lowest BCUT2D eigenvalue weighted by Crippen LogP contribution is -2.40. The second-order valence-electron chi connectivity index (χ2n) is 9.71. The molecule has 0 bridgehead atoms. The van der Waals surface area contributed by atoms with Gasteiger partial charge in [0.25, 0.3) is 0 Å². The Labute approximate surface area is 187 Å². The molecular formula is C26H27NO5. The van der Waals surface area contributed by atoms with E-state index in [2.05, 4.69) is 0 Å². The molecule has 1 N–H and O–H groups in total. The van der Waals surface area contributed by atoms with Crippen molar-refractivity contribution in [1.29, 1.82) is 0 Å². The number of esters is 1. The van der Waals surface area contributed by atoms with E-state index in [4.69, 9.17) is 9.47 Å². The summed E-state index contributed by atoms with van der Waals surface area (Å²) in [7, 11) is 0. The number of likely N-dealkylation sites (tertiary alicyclic amines) is 1. The Hall–Kier alpha value is -2.70. The molecule has 3 heterocycles. The minimum atomic E-state index is -0.849. The highest BCUT2D eigenvalue weighted by atomic mass is 16.6. The lowest BCUT2D eigenvalue weighted by molar-refractivity contribution is -0.134. The van der Waals surface area contributed by atoms with E-state index in [1.165, 1.54) is 0 Å². The third-order valence-corrected chi connectivity index (χ3v) is 7.90. The molecule has 6 heteroatoms. The van der Waals surface area contributed by atoms with Gasteiger partial charge in [0.05, 0.1) is 23.1 Å². The Morgan fingerprint density at radius 3 is 2.31 bits per heavy atom. The van der Waals surface area contributed by atoms with Gasteiger partial charge in [0.2, 0.25) is 5.91 Å². The van der Waals surface area contributed by atoms with Crippen molar-refractivity contribution in [1.82, 2.24) is 4.90 Å². The molecule has 2 saturated heterocycles. The standard InChI is InChI=1S/C26H27NO5/c28-22-20-3-1-2-4-21(20)26(32-22)11-14-27(17-26)23(29)24(9-10-24)18-5-7-19(8-6-18)25(30)12-15-31-16-13-25/h1-8,30H,9-17H2/t26-/m0/s1. The molecule has 0 radical (unpaired) electrons. The summed E-state index contributed by atoms with van der Waals surface area (Å²) in [6, 6.07) is 15.5. The molecule has 166 valence electrons. The van der Waals surface area contributed by atoms with E-state index < -0.39 is 16.6 Å². The van der Waals surface area contributed by atoms with Gasteiger partial charge in [0.15, 0.2) is 5.60 Å². The van der Waals surface area contributed by atoms with Crippen LogP contribution in [0.2, 0.25) is 0 Å². The quantitative estimate of drug-likeness (QED) is 0.753. The first kappa shape index (κ1) is 19.9. The molecule has 1 atom stereocenters. The topological polar surface area (TPSA) is 76.1 Å². The molecule has 6 rings (SSSR count). The number of carbonyl (C=O) groups excluding carboxylic acids is 2. The number of benzene rings is 2. The van der Waals surface area contributed by atoms with Gasteiger partial charge in [-0.1, -0.05) is 42.5 Å². The van der Waals surface area contributed by atoms with Crippen LogP contribution in [0.15, 0.2) is 48.5 Å². The van der Waals surface area contributed by atoms with Crippen LogP contribution in [0.1, 0.15) is 59.2 Å². The van der Waals surface area contributed by atoms with E-state index >= 15 is 0 Å². The molecule has 0 aromatic heterocycles. The smallest absolute Gasteiger partial charge is 0.339 e. The van der Waals surface area contributed by atoms with Crippen LogP contribution in [-0.4, -0.2) is 48.2 Å². The summed E-state index contributed by atoms with van der Waals surface area (Å²) < 4.78 is 11.2. The number of aliphatic hydroxyl groups is 1. The van der Waals surface area contributed by atoms with Gasteiger partial charge in [-0.2, -0.15) is 0 Å². The fraction of sp³-hybridized carbons (Fsp3) is 0.462. The summed E-state index contributed by atoms with van der Waals surface area (Å²) in [5.41, 5.74) is 1.36. The molecule has 3 fully saturated rings. The molecule has 4 aliphatic rings. The van der Waals surface area contributed by atoms with Crippen LogP contribution in [0.25, 0.3) is 0 Å². The van der Waals surface area contributed by atoms with E-state index in [0.717, 1.165) is 29.5 Å². The Morgan fingerprint density at radius 2 is 1.59 bits per heavy atom. The fourth-order valence-corrected chi connectivity index (χ4v) is 5.76. The van der Waals surface area contributed by atoms with Crippen molar-refractivity contribution in [2.45, 2.75) is 48.7 Å². The van der Waals surface area contributed by atoms with E-state index in [-0.39, 0.29) is 11.9 Å². The molecule has 3 aliphatic heterocycles. The first-order valence-corrected chi connectivity index (χ1v) is 11.5. The molecule has 1 amide bonds. The summed E-state index contributed by atoms with van der Waals surface area (Å²) in [6.07, 6.45) is 3.46. The molecule has 1 spiro atoms. The maximum atomic E-state index is 13.6. The van der Waals surface area contributed by atoms with Crippen molar-refractivity contribution >= 4 is 11.9 Å². The monoisotopic (exact) mass is 433 g/mol. The van der Waals surface area contributed by atoms with Gasteiger partial charge in [-0.3, -0.25) is 4.79 Å². The predicted octanol–water partition coefficient (Wildman–Crippen LogP) is 3.01. The summed E-state index contributed by atoms with van der Waals surface area (Å²) in [4.78, 5) is 27.9. The SMILES string of the molecule is O=C1O[C@]2(CCN(C(=O)C3(c4ccc(C5(O)CCOCC5)cc4)CC3)C2)c2ccccc21. The van der Waals surface area contributed by atoms with Crippen molar-refractivity contribution in [3.63, 3.8) is 0 Å². The zero-order valence-corrected chi connectivity index (χ0v) is 18.0.